The number of ether oxygens (including phenoxy) is 1. The summed E-state index contributed by atoms with van der Waals surface area (Å²) < 4.78 is 10.3. The molecule has 6 heteroatoms. The summed E-state index contributed by atoms with van der Waals surface area (Å²) >= 11 is 0. The van der Waals surface area contributed by atoms with Gasteiger partial charge in [0.25, 0.3) is 0 Å². The highest BCUT2D eigenvalue weighted by atomic mass is 16.5. The molecule has 0 saturated heterocycles. The van der Waals surface area contributed by atoms with Crippen LogP contribution < -0.4 is 9.64 Å². The number of imidazole rings is 2. The quantitative estimate of drug-likeness (QED) is 0.361. The first kappa shape index (κ1) is 15.6. The fourth-order valence-corrected chi connectivity index (χ4v) is 4.36. The Labute approximate surface area is 171 Å². The summed E-state index contributed by atoms with van der Waals surface area (Å²) in [6, 6.07) is 22.7. The van der Waals surface area contributed by atoms with E-state index in [0.29, 0.717) is 0 Å². The third-order valence-corrected chi connectivity index (χ3v) is 5.65. The van der Waals surface area contributed by atoms with Gasteiger partial charge in [-0.15, -0.1) is 0 Å². The largest absolute Gasteiger partial charge is 0.453 e. The highest BCUT2D eigenvalue weighted by Crippen LogP contribution is 2.50. The lowest BCUT2D eigenvalue weighted by molar-refractivity contribution is 0.477. The maximum absolute atomic E-state index is 6.15. The van der Waals surface area contributed by atoms with E-state index in [0.717, 1.165) is 50.9 Å². The van der Waals surface area contributed by atoms with E-state index in [1.54, 1.807) is 0 Å². The first-order valence-corrected chi connectivity index (χ1v) is 9.76. The summed E-state index contributed by atoms with van der Waals surface area (Å²) in [5, 5.41) is 0. The molecule has 0 unspecified atom stereocenters. The van der Waals surface area contributed by atoms with E-state index >= 15 is 0 Å². The second kappa shape index (κ2) is 5.61. The molecule has 0 aliphatic carbocycles. The second-order valence-electron chi connectivity index (χ2n) is 7.29. The molecule has 6 nitrogen and oxygen atoms in total. The van der Waals surface area contributed by atoms with E-state index in [1.807, 2.05) is 61.2 Å². The Morgan fingerprint density at radius 1 is 0.633 bits per heavy atom. The third kappa shape index (κ3) is 1.97. The molecule has 6 aromatic rings. The third-order valence-electron chi connectivity index (χ3n) is 5.65. The van der Waals surface area contributed by atoms with Crippen LogP contribution in [-0.2, 0) is 0 Å². The van der Waals surface area contributed by atoms with Crippen LogP contribution in [0.5, 0.6) is 11.5 Å². The molecular formula is C24H15N5O. The Hall–Kier alpha value is -4.32. The zero-order valence-electron chi connectivity index (χ0n) is 15.8. The van der Waals surface area contributed by atoms with Crippen molar-refractivity contribution in [3.8, 4) is 11.5 Å². The van der Waals surface area contributed by atoms with Gasteiger partial charge in [-0.2, -0.15) is 0 Å². The molecule has 0 saturated carbocycles. The summed E-state index contributed by atoms with van der Waals surface area (Å²) in [6.45, 7) is 0. The fourth-order valence-electron chi connectivity index (χ4n) is 4.36. The summed E-state index contributed by atoms with van der Waals surface area (Å²) in [4.78, 5) is 11.3. The van der Waals surface area contributed by atoms with Crippen molar-refractivity contribution in [3.05, 3.63) is 91.5 Å². The highest BCUT2D eigenvalue weighted by molar-refractivity contribution is 5.92. The van der Waals surface area contributed by atoms with E-state index in [2.05, 4.69) is 54.0 Å². The monoisotopic (exact) mass is 389 g/mol. The van der Waals surface area contributed by atoms with Crippen molar-refractivity contribution in [3.63, 3.8) is 0 Å². The standard InChI is InChI=1S/C24H15N5O/c1-3-7-21-18(5-1)29(19-6-2-4-8-22(19)30-21)16-9-10-17-20(15-16)28-14-12-26-24(28)23-25-11-13-27(17)23/h1-15H. The molecule has 0 N–H and O–H groups in total. The lowest BCUT2D eigenvalue weighted by atomic mass is 10.1. The summed E-state index contributed by atoms with van der Waals surface area (Å²) in [5.74, 6) is 1.68. The first-order chi connectivity index (χ1) is 14.9. The Morgan fingerprint density at radius 3 is 1.90 bits per heavy atom. The summed E-state index contributed by atoms with van der Waals surface area (Å²) in [5.41, 5.74) is 6.91. The minimum Gasteiger partial charge on any atom is -0.453 e. The number of aromatic nitrogens is 4. The number of para-hydroxylation sites is 4. The highest BCUT2D eigenvalue weighted by Gasteiger charge is 2.25. The van der Waals surface area contributed by atoms with Crippen LogP contribution in [0, 0.1) is 0 Å². The number of anilines is 3. The van der Waals surface area contributed by atoms with E-state index in [9.17, 15) is 0 Å². The zero-order chi connectivity index (χ0) is 19.7. The van der Waals surface area contributed by atoms with Crippen molar-refractivity contribution in [2.45, 2.75) is 0 Å². The van der Waals surface area contributed by atoms with Crippen LogP contribution in [-0.4, -0.2) is 18.8 Å². The lowest BCUT2D eigenvalue weighted by Crippen LogP contribution is -2.15. The minimum atomic E-state index is 0.840. The summed E-state index contributed by atoms with van der Waals surface area (Å²) in [7, 11) is 0. The fraction of sp³-hybridized carbons (Fsp3) is 0. The van der Waals surface area contributed by atoms with Gasteiger partial charge >= 0.3 is 0 Å². The second-order valence-corrected chi connectivity index (χ2v) is 7.29. The maximum atomic E-state index is 6.15. The van der Waals surface area contributed by atoms with Gasteiger partial charge in [-0.25, -0.2) is 9.97 Å². The van der Waals surface area contributed by atoms with Crippen LogP contribution in [0.3, 0.4) is 0 Å². The Balaban J connectivity index is 1.56. The van der Waals surface area contributed by atoms with E-state index in [-0.39, 0.29) is 0 Å². The Morgan fingerprint density at radius 2 is 1.23 bits per heavy atom. The SMILES string of the molecule is c1ccc2c(c1)Oc1ccccc1N2c1ccc2c(c1)n1ccnc1c1nccn21. The molecule has 3 aromatic carbocycles. The average Bonchev–Trinajstić information content (AvgIpc) is 3.47. The molecule has 0 spiro atoms. The summed E-state index contributed by atoms with van der Waals surface area (Å²) in [6.07, 6.45) is 7.59. The van der Waals surface area contributed by atoms with Gasteiger partial charge in [-0.3, -0.25) is 8.80 Å². The first-order valence-electron chi connectivity index (χ1n) is 9.76. The Bertz CT molecular complexity index is 1550. The molecule has 0 atom stereocenters. The number of nitrogens with zero attached hydrogens (tertiary/aromatic N) is 5. The number of hydrogen-bond acceptors (Lipinski definition) is 4. The molecule has 0 radical (unpaired) electrons. The van der Waals surface area contributed by atoms with Crippen molar-refractivity contribution in [2.75, 3.05) is 4.90 Å². The molecule has 3 aromatic heterocycles. The zero-order valence-corrected chi connectivity index (χ0v) is 15.8. The molecule has 0 bridgehead atoms. The van der Waals surface area contributed by atoms with Crippen LogP contribution >= 0.6 is 0 Å². The van der Waals surface area contributed by atoms with E-state index in [1.165, 1.54) is 0 Å². The molecule has 1 aliphatic rings. The smallest absolute Gasteiger partial charge is 0.181 e. The normalized spacial score (nSPS) is 12.9. The van der Waals surface area contributed by atoms with Gasteiger partial charge in [0.1, 0.15) is 0 Å². The lowest BCUT2D eigenvalue weighted by Gasteiger charge is -2.32. The van der Waals surface area contributed by atoms with Crippen LogP contribution in [0.4, 0.5) is 17.1 Å². The van der Waals surface area contributed by atoms with Crippen LogP contribution in [0.25, 0.3) is 22.3 Å². The predicted octanol–water partition coefficient (Wildman–Crippen LogP) is 5.71. The molecule has 0 fully saturated rings. The van der Waals surface area contributed by atoms with E-state index in [4.69, 9.17) is 4.74 Å². The minimum absolute atomic E-state index is 0.840. The molecule has 7 rings (SSSR count). The van der Waals surface area contributed by atoms with Crippen molar-refractivity contribution in [1.82, 2.24) is 18.8 Å². The van der Waals surface area contributed by atoms with Gasteiger partial charge < -0.3 is 9.64 Å². The molecular weight excluding hydrogens is 374 g/mol. The van der Waals surface area contributed by atoms with Crippen LogP contribution in [0.2, 0.25) is 0 Å². The van der Waals surface area contributed by atoms with Gasteiger partial charge in [0.05, 0.1) is 22.4 Å². The van der Waals surface area contributed by atoms with Gasteiger partial charge in [0.15, 0.2) is 22.8 Å². The van der Waals surface area contributed by atoms with Crippen molar-refractivity contribution < 1.29 is 4.74 Å². The van der Waals surface area contributed by atoms with Gasteiger partial charge in [-0.05, 0) is 42.5 Å². The Kier molecular flexibility index (Phi) is 2.91. The molecule has 0 amide bonds. The maximum Gasteiger partial charge on any atom is 0.181 e. The number of fused-ring (bicyclic) bond motifs is 8. The number of benzene rings is 3. The molecule has 142 valence electrons. The molecule has 4 heterocycles. The topological polar surface area (TPSA) is 47.1 Å². The number of hydrogen-bond donors (Lipinski definition) is 0. The van der Waals surface area contributed by atoms with Crippen LogP contribution in [0.1, 0.15) is 0 Å². The average molecular weight is 389 g/mol. The van der Waals surface area contributed by atoms with Crippen molar-refractivity contribution in [2.24, 2.45) is 0 Å². The van der Waals surface area contributed by atoms with Gasteiger partial charge in [0, 0.05) is 30.5 Å². The van der Waals surface area contributed by atoms with Crippen molar-refractivity contribution >= 4 is 39.4 Å². The molecule has 1 aliphatic heterocycles. The van der Waals surface area contributed by atoms with Crippen LogP contribution in [0.15, 0.2) is 91.5 Å². The molecule has 30 heavy (non-hydrogen) atoms. The number of rotatable bonds is 1. The predicted molar refractivity (Wildman–Crippen MR) is 116 cm³/mol. The van der Waals surface area contributed by atoms with Gasteiger partial charge in [0.2, 0.25) is 0 Å². The van der Waals surface area contributed by atoms with Crippen molar-refractivity contribution in [1.29, 1.82) is 0 Å². The van der Waals surface area contributed by atoms with E-state index < -0.39 is 0 Å². The van der Waals surface area contributed by atoms with Gasteiger partial charge in [-0.1, -0.05) is 24.3 Å².